The van der Waals surface area contributed by atoms with Gasteiger partial charge in [-0.25, -0.2) is 0 Å². The standard InChI is InChI=1S/C34H22N2O4/c37-31-24-16-17-25-29-28(24)27(33(39)35(31)19-21-10-4-1-5-11-21)18-26(23-14-8-3-9-15-23)30(29)34(40)36(32(25)38)20-22-12-6-2-7-13-22/h1-18H,19-20H2. The Morgan fingerprint density at radius 2 is 0.875 bits per heavy atom. The highest BCUT2D eigenvalue weighted by atomic mass is 16.2. The van der Waals surface area contributed by atoms with Crippen molar-refractivity contribution in [3.05, 3.63) is 143 Å². The van der Waals surface area contributed by atoms with Crippen molar-refractivity contribution >= 4 is 34.4 Å². The third kappa shape index (κ3) is 3.57. The lowest BCUT2D eigenvalue weighted by molar-refractivity contribution is 0.0577. The average Bonchev–Trinajstić information content (AvgIpc) is 3.00. The predicted molar refractivity (Wildman–Crippen MR) is 151 cm³/mol. The molecule has 0 unspecified atom stereocenters. The van der Waals surface area contributed by atoms with E-state index in [2.05, 4.69) is 0 Å². The van der Waals surface area contributed by atoms with Crippen molar-refractivity contribution in [1.29, 1.82) is 0 Å². The van der Waals surface area contributed by atoms with Crippen LogP contribution < -0.4 is 0 Å². The molecule has 0 N–H and O–H groups in total. The molecule has 0 saturated heterocycles. The molecular formula is C34H22N2O4. The summed E-state index contributed by atoms with van der Waals surface area (Å²) in [6, 6.07) is 32.9. The molecule has 5 aromatic rings. The van der Waals surface area contributed by atoms with E-state index < -0.39 is 23.6 Å². The molecule has 5 aromatic carbocycles. The molecule has 0 saturated carbocycles. The van der Waals surface area contributed by atoms with Gasteiger partial charge in [-0.3, -0.25) is 29.0 Å². The third-order valence-electron chi connectivity index (χ3n) is 7.62. The van der Waals surface area contributed by atoms with Crippen molar-refractivity contribution in [3.63, 3.8) is 0 Å². The van der Waals surface area contributed by atoms with Crippen LogP contribution >= 0.6 is 0 Å². The van der Waals surface area contributed by atoms with Crippen LogP contribution in [0.4, 0.5) is 0 Å². The van der Waals surface area contributed by atoms with E-state index in [0.29, 0.717) is 38.6 Å². The first-order valence-corrected chi connectivity index (χ1v) is 13.0. The number of carbonyl (C=O) groups excluding carboxylic acids is 4. The number of nitrogens with zero attached hydrogens (tertiary/aromatic N) is 2. The van der Waals surface area contributed by atoms with Gasteiger partial charge in [-0.15, -0.1) is 0 Å². The minimum atomic E-state index is -0.450. The molecule has 0 aliphatic carbocycles. The Bertz CT molecular complexity index is 1870. The Balaban J connectivity index is 1.47. The van der Waals surface area contributed by atoms with Gasteiger partial charge < -0.3 is 0 Å². The van der Waals surface area contributed by atoms with Gasteiger partial charge in [0.05, 0.1) is 18.7 Å². The molecule has 40 heavy (non-hydrogen) atoms. The minimum Gasteiger partial charge on any atom is -0.270 e. The summed E-state index contributed by atoms with van der Waals surface area (Å²) < 4.78 is 0. The lowest BCUT2D eigenvalue weighted by atomic mass is 9.81. The van der Waals surface area contributed by atoms with E-state index in [4.69, 9.17) is 0 Å². The van der Waals surface area contributed by atoms with Gasteiger partial charge in [-0.1, -0.05) is 91.0 Å². The van der Waals surface area contributed by atoms with Crippen LogP contribution in [0.5, 0.6) is 0 Å². The molecule has 0 aromatic heterocycles. The average molecular weight is 523 g/mol. The summed E-state index contributed by atoms with van der Waals surface area (Å²) in [5, 5.41) is 0.738. The number of rotatable bonds is 5. The molecule has 0 radical (unpaired) electrons. The second-order valence-corrected chi connectivity index (χ2v) is 9.99. The molecule has 2 aliphatic heterocycles. The monoisotopic (exact) mass is 522 g/mol. The van der Waals surface area contributed by atoms with Gasteiger partial charge in [0.15, 0.2) is 0 Å². The van der Waals surface area contributed by atoms with E-state index in [1.54, 1.807) is 18.2 Å². The van der Waals surface area contributed by atoms with Crippen molar-refractivity contribution in [2.75, 3.05) is 0 Å². The van der Waals surface area contributed by atoms with Gasteiger partial charge in [0.1, 0.15) is 0 Å². The highest BCUT2D eigenvalue weighted by Crippen LogP contribution is 2.43. The molecule has 0 atom stereocenters. The van der Waals surface area contributed by atoms with Gasteiger partial charge in [0.2, 0.25) is 0 Å². The molecule has 6 nitrogen and oxygen atoms in total. The lowest BCUT2D eigenvalue weighted by Gasteiger charge is -2.33. The van der Waals surface area contributed by atoms with Crippen LogP contribution in [0.3, 0.4) is 0 Å². The number of benzene rings is 5. The highest BCUT2D eigenvalue weighted by Gasteiger charge is 2.41. The first kappa shape index (κ1) is 23.7. The first-order chi connectivity index (χ1) is 19.5. The third-order valence-corrected chi connectivity index (χ3v) is 7.62. The van der Waals surface area contributed by atoms with Gasteiger partial charge in [-0.2, -0.15) is 0 Å². The Kier molecular flexibility index (Phi) is 5.42. The second-order valence-electron chi connectivity index (χ2n) is 9.99. The summed E-state index contributed by atoms with van der Waals surface area (Å²) in [6.07, 6.45) is 0. The molecule has 2 aliphatic rings. The van der Waals surface area contributed by atoms with Gasteiger partial charge in [-0.05, 0) is 40.5 Å². The minimum absolute atomic E-state index is 0.111. The lowest BCUT2D eigenvalue weighted by Crippen LogP contribution is -2.43. The van der Waals surface area contributed by atoms with Crippen molar-refractivity contribution in [2.45, 2.75) is 13.1 Å². The van der Waals surface area contributed by atoms with Crippen molar-refractivity contribution in [3.8, 4) is 11.1 Å². The van der Waals surface area contributed by atoms with Crippen molar-refractivity contribution in [2.24, 2.45) is 0 Å². The number of hydrogen-bond acceptors (Lipinski definition) is 4. The van der Waals surface area contributed by atoms with Crippen molar-refractivity contribution < 1.29 is 19.2 Å². The number of amides is 4. The Morgan fingerprint density at radius 3 is 1.43 bits per heavy atom. The molecule has 0 fully saturated rings. The molecule has 0 spiro atoms. The normalized spacial score (nSPS) is 14.3. The van der Waals surface area contributed by atoms with Crippen molar-refractivity contribution in [1.82, 2.24) is 9.80 Å². The Hall–Kier alpha value is -5.36. The molecule has 192 valence electrons. The fraction of sp³-hybridized carbons (Fsp3) is 0.0588. The second kappa shape index (κ2) is 9.13. The summed E-state index contributed by atoms with van der Waals surface area (Å²) in [5.74, 6) is -1.79. The molecule has 7 rings (SSSR count). The summed E-state index contributed by atoms with van der Waals surface area (Å²) in [7, 11) is 0. The van der Waals surface area contributed by atoms with Gasteiger partial charge >= 0.3 is 0 Å². The maximum Gasteiger partial charge on any atom is 0.262 e. The topological polar surface area (TPSA) is 74.8 Å². The summed E-state index contributed by atoms with van der Waals surface area (Å²) in [6.45, 7) is 0.228. The van der Waals surface area contributed by atoms with E-state index in [-0.39, 0.29) is 13.1 Å². The van der Waals surface area contributed by atoms with Crippen LogP contribution in [0.15, 0.2) is 109 Å². The summed E-state index contributed by atoms with van der Waals surface area (Å²) >= 11 is 0. The SMILES string of the molecule is O=C1c2ccc3c4c(c(-c5ccccc5)cc(c24)C(=O)N1Cc1ccccc1)C(=O)N(Cc1ccccc1)C3=O. The van der Waals surface area contributed by atoms with Gasteiger partial charge in [0, 0.05) is 27.5 Å². The molecule has 0 bridgehead atoms. The highest BCUT2D eigenvalue weighted by molar-refractivity contribution is 6.35. The van der Waals surface area contributed by atoms with Gasteiger partial charge in [0.25, 0.3) is 23.6 Å². The first-order valence-electron chi connectivity index (χ1n) is 13.0. The summed E-state index contributed by atoms with van der Waals surface area (Å²) in [5.41, 5.74) is 4.19. The van der Waals surface area contributed by atoms with E-state index in [9.17, 15) is 19.2 Å². The van der Waals surface area contributed by atoms with Crippen LogP contribution in [0.25, 0.3) is 21.9 Å². The van der Waals surface area contributed by atoms with Crippen LogP contribution in [0.1, 0.15) is 52.6 Å². The molecular weight excluding hydrogens is 500 g/mol. The maximum absolute atomic E-state index is 14.1. The maximum atomic E-state index is 14.1. The quantitative estimate of drug-likeness (QED) is 0.262. The Labute approximate surface area is 230 Å². The number of hydrogen-bond donors (Lipinski definition) is 0. The van der Waals surface area contributed by atoms with Crippen LogP contribution in [-0.4, -0.2) is 33.4 Å². The van der Waals surface area contributed by atoms with E-state index in [1.807, 2.05) is 91.0 Å². The summed E-state index contributed by atoms with van der Waals surface area (Å²) in [4.78, 5) is 58.0. The van der Waals surface area contributed by atoms with E-state index in [0.717, 1.165) is 16.7 Å². The zero-order chi connectivity index (χ0) is 27.4. The molecule has 6 heteroatoms. The predicted octanol–water partition coefficient (Wildman–Crippen LogP) is 6.10. The van der Waals surface area contributed by atoms with E-state index >= 15 is 0 Å². The van der Waals surface area contributed by atoms with Crippen LogP contribution in [0.2, 0.25) is 0 Å². The Morgan fingerprint density at radius 1 is 0.425 bits per heavy atom. The van der Waals surface area contributed by atoms with E-state index in [1.165, 1.54) is 9.80 Å². The fourth-order valence-electron chi connectivity index (χ4n) is 5.73. The number of carbonyl (C=O) groups is 4. The van der Waals surface area contributed by atoms with Crippen LogP contribution in [0, 0.1) is 0 Å². The molecule has 4 amide bonds. The zero-order valence-corrected chi connectivity index (χ0v) is 21.3. The fourth-order valence-corrected chi connectivity index (χ4v) is 5.73. The largest absolute Gasteiger partial charge is 0.270 e. The molecule has 2 heterocycles. The number of imide groups is 2. The smallest absolute Gasteiger partial charge is 0.262 e. The van der Waals surface area contributed by atoms with Crippen LogP contribution in [-0.2, 0) is 13.1 Å². The zero-order valence-electron chi connectivity index (χ0n) is 21.3.